The molecule has 1 saturated carbocycles. The van der Waals surface area contributed by atoms with Crippen molar-refractivity contribution in [3.8, 4) is 0 Å². The van der Waals surface area contributed by atoms with Crippen molar-refractivity contribution in [2.24, 2.45) is 5.92 Å². The molecule has 0 N–H and O–H groups in total. The zero-order valence-electron chi connectivity index (χ0n) is 16.5. The van der Waals surface area contributed by atoms with E-state index in [9.17, 15) is 14.4 Å². The van der Waals surface area contributed by atoms with Crippen molar-refractivity contribution in [3.05, 3.63) is 34.6 Å². The maximum atomic E-state index is 12.9. The summed E-state index contributed by atoms with van der Waals surface area (Å²) in [7, 11) is 0. The summed E-state index contributed by atoms with van der Waals surface area (Å²) in [6.45, 7) is 3.19. The molecular formula is C21H25N3O4S. The molecule has 2 heterocycles. The maximum absolute atomic E-state index is 12.9. The number of rotatable bonds is 6. The van der Waals surface area contributed by atoms with Crippen LogP contribution in [0.2, 0.25) is 0 Å². The lowest BCUT2D eigenvalue weighted by Gasteiger charge is -2.31. The van der Waals surface area contributed by atoms with Gasteiger partial charge in [0.2, 0.25) is 5.91 Å². The van der Waals surface area contributed by atoms with Crippen LogP contribution in [0.4, 0.5) is 0 Å². The number of aromatic nitrogens is 2. The molecule has 0 unspecified atom stereocenters. The smallest absolute Gasteiger partial charge is 0.310 e. The summed E-state index contributed by atoms with van der Waals surface area (Å²) in [6.07, 6.45) is 3.48. The lowest BCUT2D eigenvalue weighted by atomic mass is 9.98. The van der Waals surface area contributed by atoms with E-state index in [1.165, 1.54) is 11.8 Å². The molecule has 2 aliphatic rings. The highest BCUT2D eigenvalue weighted by Crippen LogP contribution is 2.37. The van der Waals surface area contributed by atoms with E-state index in [-0.39, 0.29) is 35.1 Å². The number of hydrogen-bond acceptors (Lipinski definition) is 6. The lowest BCUT2D eigenvalue weighted by molar-refractivity contribution is -0.151. The van der Waals surface area contributed by atoms with Crippen LogP contribution in [0.5, 0.6) is 0 Å². The number of carbonyl (C=O) groups is 2. The lowest BCUT2D eigenvalue weighted by Crippen LogP contribution is -2.43. The van der Waals surface area contributed by atoms with Gasteiger partial charge in [0.1, 0.15) is 0 Å². The third-order valence-electron chi connectivity index (χ3n) is 5.41. The standard InChI is InChI=1S/C21H25N3O4S/c1-2-28-20(27)14-6-5-11-23(12-14)18(25)13-29-21-22-17-8-4-3-7-16(17)19(26)24(21)15-9-10-15/h3-4,7-8,14-15H,2,5-6,9-13H2,1H3/t14-/m1/s1. The molecule has 8 heteroatoms. The number of ether oxygens (including phenoxy) is 1. The number of fused-ring (bicyclic) bond motifs is 1. The van der Waals surface area contributed by atoms with Crippen LogP contribution in [0.3, 0.4) is 0 Å². The SMILES string of the molecule is CCOC(=O)[C@@H]1CCCN(C(=O)CSc2nc3ccccc3c(=O)n2C2CC2)C1. The van der Waals surface area contributed by atoms with Gasteiger partial charge in [-0.1, -0.05) is 23.9 Å². The average molecular weight is 416 g/mol. The number of esters is 1. The predicted octanol–water partition coefficient (Wildman–Crippen LogP) is 2.63. The minimum absolute atomic E-state index is 0.0336. The normalized spacial score (nSPS) is 19.3. The van der Waals surface area contributed by atoms with E-state index in [0.29, 0.717) is 35.8 Å². The van der Waals surface area contributed by atoms with E-state index < -0.39 is 0 Å². The first kappa shape index (κ1) is 19.9. The molecule has 1 aliphatic heterocycles. The number of nitrogens with zero attached hydrogens (tertiary/aromatic N) is 3. The first-order valence-electron chi connectivity index (χ1n) is 10.2. The van der Waals surface area contributed by atoms with Gasteiger partial charge in [-0.2, -0.15) is 0 Å². The van der Waals surface area contributed by atoms with Crippen molar-refractivity contribution < 1.29 is 14.3 Å². The van der Waals surface area contributed by atoms with Crippen LogP contribution in [-0.4, -0.2) is 51.8 Å². The highest BCUT2D eigenvalue weighted by molar-refractivity contribution is 7.99. The number of likely N-dealkylation sites (tertiary alicyclic amines) is 1. The summed E-state index contributed by atoms with van der Waals surface area (Å²) in [5.74, 6) is -0.307. The Morgan fingerprint density at radius 3 is 2.79 bits per heavy atom. The van der Waals surface area contributed by atoms with Crippen LogP contribution in [-0.2, 0) is 14.3 Å². The van der Waals surface area contributed by atoms with Crippen LogP contribution in [0.25, 0.3) is 10.9 Å². The molecule has 4 rings (SSSR count). The summed E-state index contributed by atoms with van der Waals surface area (Å²) in [5, 5.41) is 1.21. The number of piperidine rings is 1. The molecule has 1 aromatic heterocycles. The summed E-state index contributed by atoms with van der Waals surface area (Å²) >= 11 is 1.31. The van der Waals surface area contributed by atoms with Crippen molar-refractivity contribution in [3.63, 3.8) is 0 Å². The first-order valence-corrected chi connectivity index (χ1v) is 11.2. The van der Waals surface area contributed by atoms with E-state index in [1.54, 1.807) is 22.5 Å². The Hall–Kier alpha value is -2.35. The van der Waals surface area contributed by atoms with Crippen molar-refractivity contribution >= 4 is 34.5 Å². The van der Waals surface area contributed by atoms with Gasteiger partial charge in [-0.25, -0.2) is 4.98 Å². The van der Waals surface area contributed by atoms with Gasteiger partial charge in [0.25, 0.3) is 5.56 Å². The largest absolute Gasteiger partial charge is 0.466 e. The van der Waals surface area contributed by atoms with E-state index in [1.807, 2.05) is 18.2 Å². The molecular weight excluding hydrogens is 390 g/mol. The number of carbonyl (C=O) groups excluding carboxylic acids is 2. The molecule has 1 saturated heterocycles. The van der Waals surface area contributed by atoms with Crippen LogP contribution in [0, 0.1) is 5.92 Å². The van der Waals surface area contributed by atoms with Crippen LogP contribution < -0.4 is 5.56 Å². The first-order chi connectivity index (χ1) is 14.1. The third-order valence-corrected chi connectivity index (χ3v) is 6.34. The number of para-hydroxylation sites is 1. The maximum Gasteiger partial charge on any atom is 0.310 e. The Kier molecular flexibility index (Phi) is 5.89. The molecule has 29 heavy (non-hydrogen) atoms. The molecule has 1 aromatic carbocycles. The van der Waals surface area contributed by atoms with Crippen molar-refractivity contribution in [1.82, 2.24) is 14.5 Å². The van der Waals surface area contributed by atoms with Gasteiger partial charge in [-0.15, -0.1) is 0 Å². The van der Waals surface area contributed by atoms with Gasteiger partial charge in [-0.3, -0.25) is 19.0 Å². The van der Waals surface area contributed by atoms with Crippen LogP contribution in [0.1, 0.15) is 38.6 Å². The number of hydrogen-bond donors (Lipinski definition) is 0. The fourth-order valence-corrected chi connectivity index (χ4v) is 4.72. The van der Waals surface area contributed by atoms with Crippen molar-refractivity contribution in [1.29, 1.82) is 0 Å². The molecule has 1 amide bonds. The van der Waals surface area contributed by atoms with E-state index in [0.717, 1.165) is 25.7 Å². The number of amides is 1. The molecule has 2 fully saturated rings. The minimum Gasteiger partial charge on any atom is -0.466 e. The van der Waals surface area contributed by atoms with E-state index in [2.05, 4.69) is 4.98 Å². The zero-order chi connectivity index (χ0) is 20.4. The second-order valence-corrected chi connectivity index (χ2v) is 8.48. The topological polar surface area (TPSA) is 81.5 Å². The number of thioether (sulfide) groups is 1. The van der Waals surface area contributed by atoms with Gasteiger partial charge < -0.3 is 9.64 Å². The van der Waals surface area contributed by atoms with Crippen LogP contribution >= 0.6 is 11.8 Å². The molecule has 154 valence electrons. The van der Waals surface area contributed by atoms with Crippen molar-refractivity contribution in [2.75, 3.05) is 25.4 Å². The summed E-state index contributed by atoms with van der Waals surface area (Å²) in [5.41, 5.74) is 0.623. The molecule has 7 nitrogen and oxygen atoms in total. The predicted molar refractivity (Wildman–Crippen MR) is 111 cm³/mol. The molecule has 1 atom stereocenters. The summed E-state index contributed by atoms with van der Waals surface area (Å²) in [4.78, 5) is 44.1. The van der Waals surface area contributed by atoms with Gasteiger partial charge in [0, 0.05) is 19.1 Å². The van der Waals surface area contributed by atoms with E-state index in [4.69, 9.17) is 4.74 Å². The highest BCUT2D eigenvalue weighted by atomic mass is 32.2. The van der Waals surface area contributed by atoms with Gasteiger partial charge in [0.15, 0.2) is 5.16 Å². The fourth-order valence-electron chi connectivity index (χ4n) is 3.76. The molecule has 0 bridgehead atoms. The van der Waals surface area contributed by atoms with E-state index >= 15 is 0 Å². The Morgan fingerprint density at radius 1 is 1.24 bits per heavy atom. The molecule has 0 spiro atoms. The Bertz CT molecular complexity index is 986. The molecule has 0 radical (unpaired) electrons. The Balaban J connectivity index is 1.48. The Labute approximate surface area is 173 Å². The Morgan fingerprint density at radius 2 is 2.03 bits per heavy atom. The third kappa shape index (κ3) is 4.32. The van der Waals surface area contributed by atoms with Crippen LogP contribution in [0.15, 0.2) is 34.2 Å². The van der Waals surface area contributed by atoms with Gasteiger partial charge in [0.05, 0.1) is 29.2 Å². The monoisotopic (exact) mass is 415 g/mol. The second kappa shape index (κ2) is 8.57. The average Bonchev–Trinajstić information content (AvgIpc) is 3.57. The molecule has 1 aliphatic carbocycles. The highest BCUT2D eigenvalue weighted by Gasteiger charge is 2.31. The number of benzene rings is 1. The van der Waals surface area contributed by atoms with Gasteiger partial charge >= 0.3 is 5.97 Å². The quantitative estimate of drug-likeness (QED) is 0.410. The van der Waals surface area contributed by atoms with Gasteiger partial charge in [-0.05, 0) is 44.7 Å². The zero-order valence-corrected chi connectivity index (χ0v) is 17.3. The van der Waals surface area contributed by atoms with Crippen molar-refractivity contribution in [2.45, 2.75) is 43.8 Å². The fraction of sp³-hybridized carbons (Fsp3) is 0.524. The molecule has 2 aromatic rings. The summed E-state index contributed by atoms with van der Waals surface area (Å²) in [6, 6.07) is 7.51. The summed E-state index contributed by atoms with van der Waals surface area (Å²) < 4.78 is 6.86. The second-order valence-electron chi connectivity index (χ2n) is 7.54. The minimum atomic E-state index is -0.249.